The summed E-state index contributed by atoms with van der Waals surface area (Å²) in [5.74, 6) is -3.18. The average Bonchev–Trinajstić information content (AvgIpc) is 2.27. The molecule has 1 aromatic heterocycles. The Morgan fingerprint density at radius 3 is 2.43 bits per heavy atom. The number of halogens is 5. The van der Waals surface area contributed by atoms with Crippen molar-refractivity contribution in [1.82, 2.24) is 4.98 Å². The maximum atomic E-state index is 12.8. The number of rotatable bonds is 5. The predicted octanol–water partition coefficient (Wildman–Crippen LogP) is 2.45. The van der Waals surface area contributed by atoms with Crippen LogP contribution in [0.4, 0.5) is 27.6 Å². The van der Waals surface area contributed by atoms with Crippen LogP contribution in [-0.4, -0.2) is 27.3 Å². The van der Waals surface area contributed by atoms with Gasteiger partial charge in [-0.15, -0.1) is 13.2 Å². The quantitative estimate of drug-likeness (QED) is 0.508. The molecule has 0 radical (unpaired) electrons. The van der Waals surface area contributed by atoms with Crippen molar-refractivity contribution in [2.24, 2.45) is 0 Å². The monoisotopic (exact) mass is 316 g/mol. The van der Waals surface area contributed by atoms with E-state index in [1.165, 1.54) is 0 Å². The number of carbonyl (C=O) groups is 1. The maximum absolute atomic E-state index is 12.8. The van der Waals surface area contributed by atoms with Gasteiger partial charge in [-0.1, -0.05) is 0 Å². The van der Waals surface area contributed by atoms with Gasteiger partial charge in [-0.25, -0.2) is 8.78 Å². The number of alkyl halides is 5. The van der Waals surface area contributed by atoms with Crippen LogP contribution in [-0.2, 0) is 11.2 Å². The molecule has 116 valence electrons. The fourth-order valence-corrected chi connectivity index (χ4v) is 1.44. The molecule has 0 aromatic carbocycles. The van der Waals surface area contributed by atoms with E-state index in [1.54, 1.807) is 0 Å². The van der Waals surface area contributed by atoms with Gasteiger partial charge in [0.15, 0.2) is 0 Å². The maximum Gasteiger partial charge on any atom is 0.573 e. The lowest BCUT2D eigenvalue weighted by atomic mass is 10.1. The number of nitro groups is 1. The minimum Gasteiger partial charge on any atom is -0.481 e. The molecule has 12 heteroatoms. The smallest absolute Gasteiger partial charge is 0.481 e. The van der Waals surface area contributed by atoms with E-state index in [0.29, 0.717) is 0 Å². The summed E-state index contributed by atoms with van der Waals surface area (Å²) < 4.78 is 65.2. The van der Waals surface area contributed by atoms with E-state index >= 15 is 0 Å². The van der Waals surface area contributed by atoms with Crippen LogP contribution in [0, 0.1) is 10.1 Å². The van der Waals surface area contributed by atoms with E-state index in [9.17, 15) is 36.9 Å². The minimum atomic E-state index is -5.36. The number of hydrogen-bond acceptors (Lipinski definition) is 5. The minimum absolute atomic E-state index is 0.176. The molecular weight excluding hydrogens is 311 g/mol. The van der Waals surface area contributed by atoms with Crippen LogP contribution < -0.4 is 4.74 Å². The first-order valence-electron chi connectivity index (χ1n) is 4.94. The van der Waals surface area contributed by atoms with Crippen LogP contribution in [0.2, 0.25) is 0 Å². The Morgan fingerprint density at radius 2 is 2.05 bits per heavy atom. The largest absolute Gasteiger partial charge is 0.573 e. The second-order valence-corrected chi connectivity index (χ2v) is 3.51. The molecule has 1 aromatic rings. The molecule has 0 aliphatic rings. The van der Waals surface area contributed by atoms with Crippen LogP contribution in [0.15, 0.2) is 6.20 Å². The molecule has 21 heavy (non-hydrogen) atoms. The second kappa shape index (κ2) is 5.85. The molecule has 1 heterocycles. The highest BCUT2D eigenvalue weighted by Gasteiger charge is 2.38. The van der Waals surface area contributed by atoms with Gasteiger partial charge in [-0.3, -0.25) is 19.9 Å². The Kier molecular flexibility index (Phi) is 4.60. The molecule has 0 spiro atoms. The zero-order chi connectivity index (χ0) is 16.4. The van der Waals surface area contributed by atoms with E-state index in [-0.39, 0.29) is 6.20 Å². The number of hydrogen-bond donors (Lipinski definition) is 1. The topological polar surface area (TPSA) is 103 Å². The van der Waals surface area contributed by atoms with Crippen molar-refractivity contribution >= 4 is 11.7 Å². The van der Waals surface area contributed by atoms with Gasteiger partial charge in [0.05, 0.1) is 23.2 Å². The first-order valence-corrected chi connectivity index (χ1v) is 4.94. The summed E-state index contributed by atoms with van der Waals surface area (Å²) in [6.45, 7) is 0. The molecule has 0 aliphatic heterocycles. The third kappa shape index (κ3) is 4.22. The van der Waals surface area contributed by atoms with Crippen molar-refractivity contribution in [2.75, 3.05) is 0 Å². The average molecular weight is 316 g/mol. The van der Waals surface area contributed by atoms with Crippen LogP contribution in [0.3, 0.4) is 0 Å². The van der Waals surface area contributed by atoms with Crippen molar-refractivity contribution in [2.45, 2.75) is 19.2 Å². The van der Waals surface area contributed by atoms with Gasteiger partial charge in [0.1, 0.15) is 5.56 Å². The molecule has 1 rings (SSSR count). The van der Waals surface area contributed by atoms with Gasteiger partial charge < -0.3 is 9.84 Å². The molecule has 0 unspecified atom stereocenters. The lowest BCUT2D eigenvalue weighted by Crippen LogP contribution is -2.19. The van der Waals surface area contributed by atoms with Crippen LogP contribution in [0.5, 0.6) is 5.75 Å². The zero-order valence-electron chi connectivity index (χ0n) is 9.73. The number of ether oxygens (including phenoxy) is 1. The van der Waals surface area contributed by atoms with E-state index in [4.69, 9.17) is 5.11 Å². The molecule has 0 saturated heterocycles. The van der Waals surface area contributed by atoms with Crippen molar-refractivity contribution in [3.05, 3.63) is 27.6 Å². The number of aromatic nitrogens is 1. The number of carboxylic acids is 1. The predicted molar refractivity (Wildman–Crippen MR) is 53.9 cm³/mol. The van der Waals surface area contributed by atoms with E-state index < -0.39 is 52.8 Å². The number of aliphatic carboxylic acids is 1. The van der Waals surface area contributed by atoms with E-state index in [2.05, 4.69) is 9.72 Å². The van der Waals surface area contributed by atoms with Gasteiger partial charge >= 0.3 is 18.0 Å². The Morgan fingerprint density at radius 1 is 1.48 bits per heavy atom. The third-order valence-electron chi connectivity index (χ3n) is 2.08. The van der Waals surface area contributed by atoms with Gasteiger partial charge in [0, 0.05) is 0 Å². The third-order valence-corrected chi connectivity index (χ3v) is 2.08. The molecule has 0 amide bonds. The first-order chi connectivity index (χ1) is 9.53. The fraction of sp³-hybridized carbons (Fsp3) is 0.333. The molecular formula is C9H5F5N2O5. The fourth-order valence-electron chi connectivity index (χ4n) is 1.44. The van der Waals surface area contributed by atoms with Gasteiger partial charge in [0.2, 0.25) is 5.75 Å². The molecule has 0 bridgehead atoms. The summed E-state index contributed by atoms with van der Waals surface area (Å²) in [7, 11) is 0. The standard InChI is InChI=1S/C9H5F5N2O5/c10-8(11)6-3(1-5(17)18)15-2-4(7(6)16(19)20)21-9(12,13)14/h2,8H,1H2,(H,17,18). The highest BCUT2D eigenvalue weighted by Crippen LogP contribution is 2.40. The first kappa shape index (κ1) is 16.5. The lowest BCUT2D eigenvalue weighted by molar-refractivity contribution is -0.390. The van der Waals surface area contributed by atoms with Crippen molar-refractivity contribution in [3.8, 4) is 5.75 Å². The van der Waals surface area contributed by atoms with Gasteiger partial charge in [0.25, 0.3) is 6.43 Å². The van der Waals surface area contributed by atoms with Crippen LogP contribution in [0.25, 0.3) is 0 Å². The molecule has 0 aliphatic carbocycles. The van der Waals surface area contributed by atoms with Gasteiger partial charge in [-0.05, 0) is 0 Å². The number of pyridine rings is 1. The number of carboxylic acid groups (broad SMARTS) is 1. The molecule has 0 atom stereocenters. The molecule has 0 saturated carbocycles. The van der Waals surface area contributed by atoms with Crippen molar-refractivity contribution < 1.29 is 41.5 Å². The summed E-state index contributed by atoms with van der Waals surface area (Å²) in [4.78, 5) is 22.8. The zero-order valence-corrected chi connectivity index (χ0v) is 9.73. The van der Waals surface area contributed by atoms with E-state index in [1.807, 2.05) is 0 Å². The summed E-state index contributed by atoms with van der Waals surface area (Å²) in [5.41, 5.74) is -4.11. The Hall–Kier alpha value is -2.53. The van der Waals surface area contributed by atoms with E-state index in [0.717, 1.165) is 0 Å². The summed E-state index contributed by atoms with van der Waals surface area (Å²) in [6, 6.07) is 0. The molecule has 7 nitrogen and oxygen atoms in total. The number of nitrogens with zero attached hydrogens (tertiary/aromatic N) is 2. The summed E-state index contributed by atoms with van der Waals surface area (Å²) in [5, 5.41) is 19.2. The molecule has 1 N–H and O–H groups in total. The van der Waals surface area contributed by atoms with Crippen molar-refractivity contribution in [1.29, 1.82) is 0 Å². The summed E-state index contributed by atoms with van der Waals surface area (Å²) in [6.07, 6.45) is -9.91. The van der Waals surface area contributed by atoms with Crippen LogP contribution >= 0.6 is 0 Å². The Labute approximate surface area is 112 Å². The van der Waals surface area contributed by atoms with Crippen molar-refractivity contribution in [3.63, 3.8) is 0 Å². The summed E-state index contributed by atoms with van der Waals surface area (Å²) >= 11 is 0. The Bertz CT molecular complexity index is 574. The lowest BCUT2D eigenvalue weighted by Gasteiger charge is -2.12. The highest BCUT2D eigenvalue weighted by atomic mass is 19.4. The normalized spacial score (nSPS) is 11.5. The SMILES string of the molecule is O=C(O)Cc1ncc(OC(F)(F)F)c([N+](=O)[O-])c1C(F)F. The van der Waals surface area contributed by atoms with Gasteiger partial charge in [-0.2, -0.15) is 0 Å². The molecule has 0 fully saturated rings. The van der Waals surface area contributed by atoms with Crippen LogP contribution in [0.1, 0.15) is 17.7 Å². The highest BCUT2D eigenvalue weighted by molar-refractivity contribution is 5.71. The Balaban J connectivity index is 3.53. The second-order valence-electron chi connectivity index (χ2n) is 3.51.